The highest BCUT2D eigenvalue weighted by Gasteiger charge is 2.36. The highest BCUT2D eigenvalue weighted by molar-refractivity contribution is 9.10. The molecule has 1 aromatic rings. The molecule has 1 aliphatic heterocycles. The van der Waals surface area contributed by atoms with Crippen molar-refractivity contribution in [3.8, 4) is 0 Å². The Hall–Kier alpha value is -1.56. The summed E-state index contributed by atoms with van der Waals surface area (Å²) in [6, 6.07) is 6.91. The predicted molar refractivity (Wildman–Crippen MR) is 88.7 cm³/mol. The lowest BCUT2D eigenvalue weighted by atomic mass is 10.2. The van der Waals surface area contributed by atoms with Gasteiger partial charge in [-0.1, -0.05) is 12.1 Å². The summed E-state index contributed by atoms with van der Waals surface area (Å²) in [5.41, 5.74) is 0.131. The van der Waals surface area contributed by atoms with Crippen molar-refractivity contribution < 1.29 is 14.3 Å². The summed E-state index contributed by atoms with van der Waals surface area (Å²) in [5, 5.41) is 2.86. The lowest BCUT2D eigenvalue weighted by Gasteiger charge is -2.28. The molecular formula is C16H21BrN2O3. The van der Waals surface area contributed by atoms with Crippen LogP contribution in [0.5, 0.6) is 0 Å². The summed E-state index contributed by atoms with van der Waals surface area (Å²) in [6.07, 6.45) is 1.01. The van der Waals surface area contributed by atoms with E-state index in [1.165, 1.54) is 4.90 Å². The van der Waals surface area contributed by atoms with Crippen LogP contribution in [0.2, 0.25) is 0 Å². The van der Waals surface area contributed by atoms with Crippen molar-refractivity contribution in [1.29, 1.82) is 0 Å². The molecule has 0 spiro atoms. The van der Waals surface area contributed by atoms with Crippen molar-refractivity contribution in [2.75, 3.05) is 11.9 Å². The van der Waals surface area contributed by atoms with Gasteiger partial charge in [-0.3, -0.25) is 9.69 Å². The van der Waals surface area contributed by atoms with Gasteiger partial charge in [-0.2, -0.15) is 0 Å². The Kier molecular flexibility index (Phi) is 5.11. The van der Waals surface area contributed by atoms with Crippen LogP contribution in [0.1, 0.15) is 33.6 Å². The number of hydrogen-bond acceptors (Lipinski definition) is 3. The number of rotatable bonds is 2. The first-order valence-electron chi connectivity index (χ1n) is 7.33. The molecule has 1 saturated heterocycles. The molecule has 2 rings (SSSR count). The fraction of sp³-hybridized carbons (Fsp3) is 0.500. The Labute approximate surface area is 139 Å². The van der Waals surface area contributed by atoms with E-state index in [1.54, 1.807) is 0 Å². The molecule has 2 amide bonds. The number of halogens is 1. The number of amides is 2. The zero-order valence-electron chi connectivity index (χ0n) is 13.1. The smallest absolute Gasteiger partial charge is 0.410 e. The number of nitrogens with one attached hydrogen (secondary N) is 1. The molecule has 0 saturated carbocycles. The van der Waals surface area contributed by atoms with E-state index in [2.05, 4.69) is 21.2 Å². The summed E-state index contributed by atoms with van der Waals surface area (Å²) in [5.74, 6) is -0.185. The van der Waals surface area contributed by atoms with Crippen LogP contribution in [-0.4, -0.2) is 35.1 Å². The molecule has 22 heavy (non-hydrogen) atoms. The number of carbonyl (C=O) groups excluding carboxylic acids is 2. The van der Waals surface area contributed by atoms with Gasteiger partial charge >= 0.3 is 6.09 Å². The second kappa shape index (κ2) is 6.69. The summed E-state index contributed by atoms with van der Waals surface area (Å²) < 4.78 is 6.18. The fourth-order valence-corrected chi connectivity index (χ4v) is 2.74. The molecule has 1 atom stereocenters. The predicted octanol–water partition coefficient (Wildman–Crippen LogP) is 3.79. The summed E-state index contributed by atoms with van der Waals surface area (Å²) in [6.45, 7) is 5.99. The number of hydrogen-bond donors (Lipinski definition) is 1. The summed E-state index contributed by atoms with van der Waals surface area (Å²) in [7, 11) is 0. The number of anilines is 1. The van der Waals surface area contributed by atoms with Crippen molar-refractivity contribution in [2.45, 2.75) is 45.3 Å². The van der Waals surface area contributed by atoms with Gasteiger partial charge in [0, 0.05) is 11.0 Å². The molecule has 1 aliphatic rings. The second-order valence-electron chi connectivity index (χ2n) is 6.30. The third kappa shape index (κ3) is 4.22. The average Bonchev–Trinajstić information content (AvgIpc) is 2.89. The number of benzene rings is 1. The van der Waals surface area contributed by atoms with Gasteiger partial charge in [-0.15, -0.1) is 0 Å². The maximum Gasteiger partial charge on any atom is 0.410 e. The molecule has 6 heteroatoms. The van der Waals surface area contributed by atoms with Gasteiger partial charge in [-0.05, 0) is 61.7 Å². The largest absolute Gasteiger partial charge is 0.444 e. The Bertz CT molecular complexity index is 569. The van der Waals surface area contributed by atoms with Crippen LogP contribution in [0.3, 0.4) is 0 Å². The summed E-state index contributed by atoms with van der Waals surface area (Å²) in [4.78, 5) is 26.2. The van der Waals surface area contributed by atoms with Crippen LogP contribution in [0.4, 0.5) is 10.5 Å². The van der Waals surface area contributed by atoms with Crippen molar-refractivity contribution >= 4 is 33.6 Å². The number of likely N-dealkylation sites (tertiary alicyclic amines) is 1. The average molecular weight is 369 g/mol. The molecule has 1 fully saturated rings. The van der Waals surface area contributed by atoms with Crippen LogP contribution in [-0.2, 0) is 9.53 Å². The van der Waals surface area contributed by atoms with Gasteiger partial charge in [0.05, 0.1) is 5.69 Å². The third-order valence-corrected chi connectivity index (χ3v) is 4.01. The van der Waals surface area contributed by atoms with Gasteiger partial charge in [0.15, 0.2) is 0 Å². The zero-order valence-corrected chi connectivity index (χ0v) is 14.6. The molecule has 5 nitrogen and oxygen atoms in total. The number of nitrogens with zero attached hydrogens (tertiary/aromatic N) is 1. The van der Waals surface area contributed by atoms with E-state index in [0.717, 1.165) is 10.9 Å². The van der Waals surface area contributed by atoms with Crippen molar-refractivity contribution in [1.82, 2.24) is 4.90 Å². The number of carbonyl (C=O) groups is 2. The third-order valence-electron chi connectivity index (χ3n) is 3.32. The molecule has 120 valence electrons. The van der Waals surface area contributed by atoms with Crippen molar-refractivity contribution in [2.24, 2.45) is 0 Å². The molecule has 0 aromatic heterocycles. The Morgan fingerprint density at radius 2 is 2.00 bits per heavy atom. The van der Waals surface area contributed by atoms with Gasteiger partial charge in [0.2, 0.25) is 5.91 Å². The molecule has 0 radical (unpaired) electrons. The van der Waals surface area contributed by atoms with Gasteiger partial charge in [-0.25, -0.2) is 4.79 Å². The van der Waals surface area contributed by atoms with E-state index in [0.29, 0.717) is 18.7 Å². The molecule has 0 unspecified atom stereocenters. The SMILES string of the molecule is CC(C)(C)OC(=O)N1CCC[C@@H]1C(=O)Nc1ccccc1Br. The lowest BCUT2D eigenvalue weighted by molar-refractivity contribution is -0.120. The van der Waals surface area contributed by atoms with Crippen LogP contribution in [0, 0.1) is 0 Å². The monoisotopic (exact) mass is 368 g/mol. The Morgan fingerprint density at radius 1 is 1.32 bits per heavy atom. The minimum Gasteiger partial charge on any atom is -0.444 e. The maximum absolute atomic E-state index is 12.5. The first kappa shape index (κ1) is 16.8. The molecule has 0 aliphatic carbocycles. The van der Waals surface area contributed by atoms with Gasteiger partial charge in [0.25, 0.3) is 0 Å². The van der Waals surface area contributed by atoms with Gasteiger partial charge < -0.3 is 10.1 Å². The first-order chi connectivity index (χ1) is 10.3. The van der Waals surface area contributed by atoms with E-state index in [4.69, 9.17) is 4.74 Å². The molecule has 1 aromatic carbocycles. The minimum absolute atomic E-state index is 0.185. The maximum atomic E-state index is 12.5. The molecule has 0 bridgehead atoms. The minimum atomic E-state index is -0.566. The highest BCUT2D eigenvalue weighted by atomic mass is 79.9. The quantitative estimate of drug-likeness (QED) is 0.863. The molecular weight excluding hydrogens is 348 g/mol. The molecule has 1 heterocycles. The Morgan fingerprint density at radius 3 is 2.64 bits per heavy atom. The van der Waals surface area contributed by atoms with Gasteiger partial charge in [0.1, 0.15) is 11.6 Å². The van der Waals surface area contributed by atoms with Crippen molar-refractivity contribution in [3.63, 3.8) is 0 Å². The fourth-order valence-electron chi connectivity index (χ4n) is 2.36. The van der Waals surface area contributed by atoms with E-state index in [-0.39, 0.29) is 5.91 Å². The van der Waals surface area contributed by atoms with E-state index in [9.17, 15) is 9.59 Å². The number of para-hydroxylation sites is 1. The summed E-state index contributed by atoms with van der Waals surface area (Å²) >= 11 is 3.40. The standard InChI is InChI=1S/C16H21BrN2O3/c1-16(2,3)22-15(21)19-10-6-9-13(19)14(20)18-12-8-5-4-7-11(12)17/h4-5,7-8,13H,6,9-10H2,1-3H3,(H,18,20)/t13-/m1/s1. The van der Waals surface area contributed by atoms with E-state index < -0.39 is 17.7 Å². The second-order valence-corrected chi connectivity index (χ2v) is 7.16. The van der Waals surface area contributed by atoms with Crippen LogP contribution >= 0.6 is 15.9 Å². The normalized spacial score (nSPS) is 18.2. The molecule has 1 N–H and O–H groups in total. The van der Waals surface area contributed by atoms with Crippen LogP contribution in [0.15, 0.2) is 28.7 Å². The topological polar surface area (TPSA) is 58.6 Å². The first-order valence-corrected chi connectivity index (χ1v) is 8.12. The van der Waals surface area contributed by atoms with Crippen LogP contribution in [0.25, 0.3) is 0 Å². The van der Waals surface area contributed by atoms with E-state index >= 15 is 0 Å². The lowest BCUT2D eigenvalue weighted by Crippen LogP contribution is -2.45. The highest BCUT2D eigenvalue weighted by Crippen LogP contribution is 2.25. The van der Waals surface area contributed by atoms with Crippen LogP contribution < -0.4 is 5.32 Å². The Balaban J connectivity index is 2.05. The number of ether oxygens (including phenoxy) is 1. The van der Waals surface area contributed by atoms with E-state index in [1.807, 2.05) is 45.0 Å². The van der Waals surface area contributed by atoms with Crippen molar-refractivity contribution in [3.05, 3.63) is 28.7 Å². The zero-order chi connectivity index (χ0) is 16.3.